The molecule has 1 rings (SSSR count). The van der Waals surface area contributed by atoms with Crippen molar-refractivity contribution in [1.29, 1.82) is 0 Å². The van der Waals surface area contributed by atoms with Gasteiger partial charge in [-0.3, -0.25) is 4.79 Å². The van der Waals surface area contributed by atoms with Crippen LogP contribution < -0.4 is 5.32 Å². The molecule has 84 valence electrons. The highest BCUT2D eigenvalue weighted by molar-refractivity contribution is 7.99. The fourth-order valence-corrected chi connectivity index (χ4v) is 1.85. The van der Waals surface area contributed by atoms with E-state index in [0.29, 0.717) is 11.0 Å². The molecule has 15 heavy (non-hydrogen) atoms. The van der Waals surface area contributed by atoms with E-state index in [2.05, 4.69) is 10.3 Å². The number of nitrogens with zero attached hydrogens (tertiary/aromatic N) is 1. The van der Waals surface area contributed by atoms with Gasteiger partial charge in [0.25, 0.3) is 5.22 Å². The third kappa shape index (κ3) is 2.97. The summed E-state index contributed by atoms with van der Waals surface area (Å²) >= 11 is 1.28. The normalized spacial score (nSPS) is 14.9. The molecule has 1 heterocycles. The SMILES string of the molecule is CNC(C)(CSc1nc(C)co1)C(=O)O. The average molecular weight is 230 g/mol. The van der Waals surface area contributed by atoms with Gasteiger partial charge in [0.2, 0.25) is 0 Å². The van der Waals surface area contributed by atoms with E-state index in [9.17, 15) is 4.79 Å². The van der Waals surface area contributed by atoms with Crippen molar-refractivity contribution >= 4 is 17.7 Å². The van der Waals surface area contributed by atoms with Crippen LogP contribution in [0.5, 0.6) is 0 Å². The first-order valence-corrected chi connectivity index (χ1v) is 5.44. The number of thioether (sulfide) groups is 1. The van der Waals surface area contributed by atoms with Crippen LogP contribution in [0, 0.1) is 6.92 Å². The van der Waals surface area contributed by atoms with E-state index < -0.39 is 11.5 Å². The maximum absolute atomic E-state index is 11.0. The molecule has 0 saturated heterocycles. The van der Waals surface area contributed by atoms with Crippen molar-refractivity contribution in [1.82, 2.24) is 10.3 Å². The second-order valence-electron chi connectivity index (χ2n) is 3.43. The van der Waals surface area contributed by atoms with Crippen molar-refractivity contribution in [3.05, 3.63) is 12.0 Å². The molecule has 0 spiro atoms. The van der Waals surface area contributed by atoms with Crippen LogP contribution in [0.3, 0.4) is 0 Å². The first-order valence-electron chi connectivity index (χ1n) is 4.45. The van der Waals surface area contributed by atoms with Gasteiger partial charge in [0, 0.05) is 5.75 Å². The Hall–Kier alpha value is -1.01. The highest BCUT2D eigenvalue weighted by atomic mass is 32.2. The number of nitrogens with one attached hydrogen (secondary N) is 1. The van der Waals surface area contributed by atoms with Gasteiger partial charge in [-0.1, -0.05) is 11.8 Å². The molecular formula is C9H14N2O3S. The zero-order chi connectivity index (χ0) is 11.5. The maximum atomic E-state index is 11.0. The number of carboxylic acid groups (broad SMARTS) is 1. The van der Waals surface area contributed by atoms with Gasteiger partial charge < -0.3 is 14.8 Å². The number of carbonyl (C=O) groups is 1. The third-order valence-electron chi connectivity index (χ3n) is 2.11. The fraction of sp³-hybridized carbons (Fsp3) is 0.556. The van der Waals surface area contributed by atoms with Crippen LogP contribution in [0.25, 0.3) is 0 Å². The number of oxazole rings is 1. The van der Waals surface area contributed by atoms with E-state index in [1.807, 2.05) is 6.92 Å². The van der Waals surface area contributed by atoms with Crippen LogP contribution in [-0.4, -0.2) is 34.4 Å². The van der Waals surface area contributed by atoms with Gasteiger partial charge in [0.1, 0.15) is 11.8 Å². The molecule has 1 unspecified atom stereocenters. The topological polar surface area (TPSA) is 75.4 Å². The molecule has 0 amide bonds. The first kappa shape index (κ1) is 12.1. The monoisotopic (exact) mass is 230 g/mol. The van der Waals surface area contributed by atoms with Crippen molar-refractivity contribution in [3.8, 4) is 0 Å². The van der Waals surface area contributed by atoms with E-state index in [1.165, 1.54) is 11.8 Å². The predicted molar refractivity (Wildman–Crippen MR) is 57.1 cm³/mol. The molecule has 6 heteroatoms. The number of rotatable bonds is 5. The second-order valence-corrected chi connectivity index (χ2v) is 4.36. The number of aromatic nitrogens is 1. The lowest BCUT2D eigenvalue weighted by Crippen LogP contribution is -2.49. The van der Waals surface area contributed by atoms with Crippen LogP contribution in [0.4, 0.5) is 0 Å². The number of carboxylic acids is 1. The Balaban J connectivity index is 2.59. The minimum absolute atomic E-state index is 0.360. The lowest BCUT2D eigenvalue weighted by Gasteiger charge is -2.22. The Morgan fingerprint density at radius 1 is 1.80 bits per heavy atom. The molecule has 0 aliphatic rings. The standard InChI is InChI=1S/C9H14N2O3S/c1-6-4-14-8(11-6)15-5-9(2,10-3)7(12)13/h4,10H,5H2,1-3H3,(H,12,13). The van der Waals surface area contributed by atoms with E-state index in [1.54, 1.807) is 20.2 Å². The number of likely N-dealkylation sites (N-methyl/N-ethyl adjacent to an activating group) is 1. The molecule has 1 aromatic heterocycles. The van der Waals surface area contributed by atoms with Gasteiger partial charge in [0.05, 0.1) is 5.69 Å². The van der Waals surface area contributed by atoms with Crippen molar-refractivity contribution in [2.75, 3.05) is 12.8 Å². The summed E-state index contributed by atoms with van der Waals surface area (Å²) in [5, 5.41) is 12.2. The molecular weight excluding hydrogens is 216 g/mol. The molecule has 0 saturated carbocycles. The zero-order valence-electron chi connectivity index (χ0n) is 8.90. The van der Waals surface area contributed by atoms with Crippen molar-refractivity contribution in [2.24, 2.45) is 0 Å². The minimum Gasteiger partial charge on any atom is -0.480 e. The summed E-state index contributed by atoms with van der Waals surface area (Å²) in [4.78, 5) is 15.0. The largest absolute Gasteiger partial charge is 0.480 e. The second kappa shape index (κ2) is 4.67. The van der Waals surface area contributed by atoms with Crippen LogP contribution in [0.2, 0.25) is 0 Å². The molecule has 0 aliphatic heterocycles. The van der Waals surface area contributed by atoms with E-state index in [0.717, 1.165) is 5.69 Å². The average Bonchev–Trinajstić information content (AvgIpc) is 2.60. The van der Waals surface area contributed by atoms with Crippen LogP contribution >= 0.6 is 11.8 Å². The summed E-state index contributed by atoms with van der Waals surface area (Å²) in [6.07, 6.45) is 1.54. The van der Waals surface area contributed by atoms with Crippen molar-refractivity contribution in [3.63, 3.8) is 0 Å². The molecule has 0 aromatic carbocycles. The van der Waals surface area contributed by atoms with E-state index in [-0.39, 0.29) is 0 Å². The van der Waals surface area contributed by atoms with E-state index >= 15 is 0 Å². The Morgan fingerprint density at radius 3 is 2.87 bits per heavy atom. The molecule has 0 aliphatic carbocycles. The smallest absolute Gasteiger partial charge is 0.324 e. The summed E-state index contributed by atoms with van der Waals surface area (Å²) in [5.41, 5.74) is -0.175. The Labute approximate surface area is 92.3 Å². The van der Waals surface area contributed by atoms with Crippen LogP contribution in [0.15, 0.2) is 15.9 Å². The predicted octanol–water partition coefficient (Wildman–Crippen LogP) is 1.14. The summed E-state index contributed by atoms with van der Waals surface area (Å²) < 4.78 is 5.12. The number of hydrogen-bond donors (Lipinski definition) is 2. The summed E-state index contributed by atoms with van der Waals surface area (Å²) in [6.45, 7) is 3.44. The lowest BCUT2D eigenvalue weighted by atomic mass is 10.1. The maximum Gasteiger partial charge on any atom is 0.324 e. The van der Waals surface area contributed by atoms with Gasteiger partial charge in [-0.15, -0.1) is 0 Å². The quantitative estimate of drug-likeness (QED) is 0.739. The van der Waals surface area contributed by atoms with Crippen molar-refractivity contribution < 1.29 is 14.3 Å². The minimum atomic E-state index is -0.965. The number of hydrogen-bond acceptors (Lipinski definition) is 5. The van der Waals surface area contributed by atoms with Gasteiger partial charge in [-0.2, -0.15) is 0 Å². The van der Waals surface area contributed by atoms with Crippen LogP contribution in [0.1, 0.15) is 12.6 Å². The highest BCUT2D eigenvalue weighted by Gasteiger charge is 2.31. The number of aryl methyl sites for hydroxylation is 1. The van der Waals surface area contributed by atoms with Gasteiger partial charge in [-0.25, -0.2) is 4.98 Å². The van der Waals surface area contributed by atoms with Crippen molar-refractivity contribution in [2.45, 2.75) is 24.6 Å². The fourth-order valence-electron chi connectivity index (χ4n) is 0.846. The lowest BCUT2D eigenvalue weighted by molar-refractivity contribution is -0.142. The molecule has 5 nitrogen and oxygen atoms in total. The van der Waals surface area contributed by atoms with Crippen LogP contribution in [-0.2, 0) is 4.79 Å². The summed E-state index contributed by atoms with van der Waals surface area (Å²) in [5.74, 6) is -0.528. The Morgan fingerprint density at radius 2 is 2.47 bits per heavy atom. The number of aliphatic carboxylic acids is 1. The van der Waals surface area contributed by atoms with E-state index in [4.69, 9.17) is 9.52 Å². The summed E-state index contributed by atoms with van der Waals surface area (Å²) in [6, 6.07) is 0. The zero-order valence-corrected chi connectivity index (χ0v) is 9.72. The highest BCUT2D eigenvalue weighted by Crippen LogP contribution is 2.21. The third-order valence-corrected chi connectivity index (χ3v) is 3.26. The van der Waals surface area contributed by atoms with Gasteiger partial charge >= 0.3 is 5.97 Å². The molecule has 0 fully saturated rings. The molecule has 1 aromatic rings. The molecule has 0 bridgehead atoms. The van der Waals surface area contributed by atoms with Gasteiger partial charge in [0.15, 0.2) is 0 Å². The molecule has 0 radical (unpaired) electrons. The summed E-state index contributed by atoms with van der Waals surface area (Å²) in [7, 11) is 1.62. The first-order chi connectivity index (χ1) is 6.98. The van der Waals surface area contributed by atoms with Gasteiger partial charge in [-0.05, 0) is 20.9 Å². The molecule has 1 atom stereocenters. The Kier molecular flexibility index (Phi) is 3.76. The molecule has 2 N–H and O–H groups in total. The Bertz CT molecular complexity index is 353.